The van der Waals surface area contributed by atoms with Gasteiger partial charge in [0.15, 0.2) is 0 Å². The molecule has 2 rings (SSSR count). The molecule has 0 saturated carbocycles. The van der Waals surface area contributed by atoms with E-state index in [-0.39, 0.29) is 6.04 Å². The summed E-state index contributed by atoms with van der Waals surface area (Å²) in [5, 5.41) is 8.17. The van der Waals surface area contributed by atoms with Crippen LogP contribution in [0, 0.1) is 0 Å². The summed E-state index contributed by atoms with van der Waals surface area (Å²) in [5.74, 6) is 1.06. The number of aromatic nitrogens is 2. The van der Waals surface area contributed by atoms with Crippen molar-refractivity contribution in [3.8, 4) is 0 Å². The Bertz CT molecular complexity index is 437. The first-order chi connectivity index (χ1) is 9.30. The Hall–Kier alpha value is -1.29. The molecule has 0 amide bonds. The van der Waals surface area contributed by atoms with Crippen molar-refractivity contribution in [2.45, 2.75) is 52.6 Å². The van der Waals surface area contributed by atoms with Crippen molar-refractivity contribution >= 4 is 0 Å². The van der Waals surface area contributed by atoms with Crippen molar-refractivity contribution < 1.29 is 4.74 Å². The highest BCUT2D eigenvalue weighted by Gasteiger charge is 2.23. The Labute approximate surface area is 115 Å². The topological polar surface area (TPSA) is 39.1 Å². The standard InChI is InChI=1S/C15H25N3O/c1-4-12-11-13(18(6-3)17-12)15(16-5-2)14-9-7-8-10-19-14/h9,11,15-16H,4-8,10H2,1-3H3. The number of nitrogens with zero attached hydrogens (tertiary/aromatic N) is 2. The Morgan fingerprint density at radius 2 is 2.26 bits per heavy atom. The van der Waals surface area contributed by atoms with Gasteiger partial charge in [-0.05, 0) is 44.9 Å². The number of hydrogen-bond donors (Lipinski definition) is 1. The molecule has 1 aromatic rings. The Morgan fingerprint density at radius 3 is 2.84 bits per heavy atom. The maximum Gasteiger partial charge on any atom is 0.115 e. The molecule has 4 heteroatoms. The average molecular weight is 263 g/mol. The SMILES string of the molecule is CCNC(C1=CCCCO1)c1cc(CC)nn1CC. The summed E-state index contributed by atoms with van der Waals surface area (Å²) in [7, 11) is 0. The molecule has 1 aromatic heterocycles. The molecule has 2 heterocycles. The van der Waals surface area contributed by atoms with E-state index in [1.54, 1.807) is 0 Å². The van der Waals surface area contributed by atoms with E-state index < -0.39 is 0 Å². The smallest absolute Gasteiger partial charge is 0.115 e. The van der Waals surface area contributed by atoms with Gasteiger partial charge in [0, 0.05) is 6.54 Å². The molecule has 1 atom stereocenters. The lowest BCUT2D eigenvalue weighted by molar-refractivity contribution is 0.166. The molecule has 4 nitrogen and oxygen atoms in total. The monoisotopic (exact) mass is 263 g/mol. The van der Waals surface area contributed by atoms with Crippen molar-refractivity contribution in [2.24, 2.45) is 0 Å². The highest BCUT2D eigenvalue weighted by Crippen LogP contribution is 2.26. The number of aryl methyl sites for hydroxylation is 2. The van der Waals surface area contributed by atoms with E-state index in [0.29, 0.717) is 0 Å². The molecule has 106 valence electrons. The van der Waals surface area contributed by atoms with E-state index in [4.69, 9.17) is 4.74 Å². The molecule has 0 radical (unpaired) electrons. The number of hydrogen-bond acceptors (Lipinski definition) is 3. The van der Waals surface area contributed by atoms with Crippen LogP contribution in [-0.4, -0.2) is 22.9 Å². The van der Waals surface area contributed by atoms with Gasteiger partial charge >= 0.3 is 0 Å². The summed E-state index contributed by atoms with van der Waals surface area (Å²) in [6, 6.07) is 2.34. The highest BCUT2D eigenvalue weighted by atomic mass is 16.5. The zero-order valence-corrected chi connectivity index (χ0v) is 12.3. The van der Waals surface area contributed by atoms with E-state index in [1.807, 2.05) is 0 Å². The Balaban J connectivity index is 2.32. The summed E-state index contributed by atoms with van der Waals surface area (Å²) in [6.45, 7) is 9.05. The van der Waals surface area contributed by atoms with Crippen LogP contribution in [0.3, 0.4) is 0 Å². The lowest BCUT2D eigenvalue weighted by Gasteiger charge is -2.25. The molecule has 1 unspecified atom stereocenters. The van der Waals surface area contributed by atoms with Gasteiger partial charge < -0.3 is 10.1 Å². The van der Waals surface area contributed by atoms with Crippen LogP contribution in [0.25, 0.3) is 0 Å². The van der Waals surface area contributed by atoms with Crippen LogP contribution in [0.4, 0.5) is 0 Å². The fourth-order valence-corrected chi connectivity index (χ4v) is 2.48. The molecule has 1 aliphatic rings. The Morgan fingerprint density at radius 1 is 1.42 bits per heavy atom. The van der Waals surface area contributed by atoms with Crippen LogP contribution >= 0.6 is 0 Å². The van der Waals surface area contributed by atoms with Crippen molar-refractivity contribution in [1.82, 2.24) is 15.1 Å². The van der Waals surface area contributed by atoms with Crippen molar-refractivity contribution in [2.75, 3.05) is 13.2 Å². The van der Waals surface area contributed by atoms with Crippen molar-refractivity contribution in [3.05, 3.63) is 29.3 Å². The summed E-state index contributed by atoms with van der Waals surface area (Å²) in [5.41, 5.74) is 2.37. The maximum atomic E-state index is 5.85. The van der Waals surface area contributed by atoms with Crippen molar-refractivity contribution in [3.63, 3.8) is 0 Å². The van der Waals surface area contributed by atoms with Crippen molar-refractivity contribution in [1.29, 1.82) is 0 Å². The van der Waals surface area contributed by atoms with Gasteiger partial charge in [-0.1, -0.05) is 13.8 Å². The summed E-state index contributed by atoms with van der Waals surface area (Å²) in [4.78, 5) is 0. The molecule has 0 aliphatic carbocycles. The van der Waals surface area contributed by atoms with E-state index in [1.165, 1.54) is 5.69 Å². The first-order valence-electron chi connectivity index (χ1n) is 7.42. The largest absolute Gasteiger partial charge is 0.496 e. The molecule has 0 bridgehead atoms. The van der Waals surface area contributed by atoms with Gasteiger partial charge in [-0.25, -0.2) is 0 Å². The minimum Gasteiger partial charge on any atom is -0.496 e. The zero-order valence-electron chi connectivity index (χ0n) is 12.3. The quantitative estimate of drug-likeness (QED) is 0.858. The normalized spacial score (nSPS) is 16.9. The minimum atomic E-state index is 0.137. The van der Waals surface area contributed by atoms with Gasteiger partial charge in [-0.3, -0.25) is 4.68 Å². The maximum absolute atomic E-state index is 5.85. The molecule has 0 fully saturated rings. The van der Waals surface area contributed by atoms with E-state index in [0.717, 1.165) is 50.4 Å². The van der Waals surface area contributed by atoms with Gasteiger partial charge in [-0.2, -0.15) is 5.10 Å². The van der Waals surface area contributed by atoms with Crippen LogP contribution in [-0.2, 0) is 17.7 Å². The van der Waals surface area contributed by atoms with Crippen LogP contribution < -0.4 is 5.32 Å². The molecule has 0 saturated heterocycles. The lowest BCUT2D eigenvalue weighted by atomic mass is 10.1. The summed E-state index contributed by atoms with van der Waals surface area (Å²) < 4.78 is 7.94. The van der Waals surface area contributed by atoms with Crippen LogP contribution in [0.5, 0.6) is 0 Å². The van der Waals surface area contributed by atoms with Gasteiger partial charge in [0.1, 0.15) is 11.8 Å². The summed E-state index contributed by atoms with van der Waals surface area (Å²) >= 11 is 0. The second kappa shape index (κ2) is 6.75. The Kier molecular flexibility index (Phi) is 5.02. The first-order valence-corrected chi connectivity index (χ1v) is 7.42. The fourth-order valence-electron chi connectivity index (χ4n) is 2.48. The number of ether oxygens (including phenoxy) is 1. The zero-order chi connectivity index (χ0) is 13.7. The van der Waals surface area contributed by atoms with E-state index in [9.17, 15) is 0 Å². The van der Waals surface area contributed by atoms with Gasteiger partial charge in [0.2, 0.25) is 0 Å². The molecule has 0 spiro atoms. The number of nitrogens with one attached hydrogen (secondary N) is 1. The van der Waals surface area contributed by atoms with Gasteiger partial charge in [0.05, 0.1) is 18.0 Å². The van der Waals surface area contributed by atoms with Gasteiger partial charge in [-0.15, -0.1) is 0 Å². The number of rotatable bonds is 6. The van der Waals surface area contributed by atoms with E-state index >= 15 is 0 Å². The van der Waals surface area contributed by atoms with E-state index in [2.05, 4.69) is 48.0 Å². The second-order valence-electron chi connectivity index (χ2n) is 4.82. The first kappa shape index (κ1) is 14.1. The van der Waals surface area contributed by atoms with Crippen LogP contribution in [0.1, 0.15) is 51.0 Å². The number of allylic oxidation sites excluding steroid dienone is 1. The molecule has 1 aliphatic heterocycles. The summed E-state index contributed by atoms with van der Waals surface area (Å²) in [6.07, 6.45) is 5.42. The third-order valence-corrected chi connectivity index (χ3v) is 3.47. The minimum absolute atomic E-state index is 0.137. The van der Waals surface area contributed by atoms with Crippen LogP contribution in [0.2, 0.25) is 0 Å². The molecular formula is C15H25N3O. The third-order valence-electron chi connectivity index (χ3n) is 3.47. The van der Waals surface area contributed by atoms with Crippen LogP contribution in [0.15, 0.2) is 17.9 Å². The lowest BCUT2D eigenvalue weighted by Crippen LogP contribution is -2.27. The molecular weight excluding hydrogens is 238 g/mol. The second-order valence-corrected chi connectivity index (χ2v) is 4.82. The predicted octanol–water partition coefficient (Wildman–Crippen LogP) is 2.81. The average Bonchev–Trinajstić information content (AvgIpc) is 2.88. The predicted molar refractivity (Wildman–Crippen MR) is 77.0 cm³/mol. The fraction of sp³-hybridized carbons (Fsp3) is 0.667. The van der Waals surface area contributed by atoms with Gasteiger partial charge in [0.25, 0.3) is 0 Å². The number of likely N-dealkylation sites (N-methyl/N-ethyl adjacent to an activating group) is 1. The molecule has 0 aromatic carbocycles. The molecule has 1 N–H and O–H groups in total. The highest BCUT2D eigenvalue weighted by molar-refractivity contribution is 5.23. The molecule has 19 heavy (non-hydrogen) atoms. The third kappa shape index (κ3) is 3.18.